The Morgan fingerprint density at radius 2 is 1.72 bits per heavy atom. The predicted octanol–water partition coefficient (Wildman–Crippen LogP) is 3.80. The van der Waals surface area contributed by atoms with Gasteiger partial charge < -0.3 is 5.11 Å². The molecule has 0 aliphatic carbocycles. The number of benzene rings is 1. The summed E-state index contributed by atoms with van der Waals surface area (Å²) in [4.78, 5) is 16.5. The van der Waals surface area contributed by atoms with E-state index < -0.39 is 21.5 Å². The lowest BCUT2D eigenvalue weighted by Crippen LogP contribution is -2.32. The standard InChI is InChI=1S/C20H27FN2O4S2/c1-11(2)14-7-13(21)8-15(12(3)4)16(14)9-18(24)23-29(26,27)19-22-17(10-28-19)20(5,6)25/h7-8,10-12,25H,9H2,1-6H3,(H,23,24). The maximum Gasteiger partial charge on any atom is 0.291 e. The molecule has 6 nitrogen and oxygen atoms in total. The molecule has 0 radical (unpaired) electrons. The molecule has 160 valence electrons. The molecule has 1 aromatic heterocycles. The first kappa shape index (κ1) is 23.4. The van der Waals surface area contributed by atoms with Crippen LogP contribution in [0.5, 0.6) is 0 Å². The number of carbonyl (C=O) groups excluding carboxylic acids is 1. The number of amides is 1. The second kappa shape index (κ2) is 8.49. The lowest BCUT2D eigenvalue weighted by Gasteiger charge is -2.19. The third-order valence-corrected chi connectivity index (χ3v) is 7.08. The molecule has 0 saturated carbocycles. The van der Waals surface area contributed by atoms with E-state index in [2.05, 4.69) is 4.98 Å². The monoisotopic (exact) mass is 442 g/mol. The molecule has 0 bridgehead atoms. The highest BCUT2D eigenvalue weighted by Crippen LogP contribution is 2.30. The number of rotatable bonds is 7. The minimum Gasteiger partial charge on any atom is -0.384 e. The van der Waals surface area contributed by atoms with Crippen LogP contribution < -0.4 is 4.72 Å². The Bertz CT molecular complexity index is 977. The lowest BCUT2D eigenvalue weighted by atomic mass is 9.87. The first-order valence-electron chi connectivity index (χ1n) is 9.28. The van der Waals surface area contributed by atoms with E-state index >= 15 is 0 Å². The lowest BCUT2D eigenvalue weighted by molar-refractivity contribution is -0.118. The number of nitrogens with one attached hydrogen (secondary N) is 1. The molecule has 1 aromatic carbocycles. The summed E-state index contributed by atoms with van der Waals surface area (Å²) in [5.41, 5.74) is 0.916. The first-order chi connectivity index (χ1) is 13.2. The van der Waals surface area contributed by atoms with E-state index in [-0.39, 0.29) is 34.1 Å². The van der Waals surface area contributed by atoms with E-state index in [1.54, 1.807) is 0 Å². The van der Waals surface area contributed by atoms with E-state index in [0.717, 1.165) is 11.3 Å². The number of aliphatic hydroxyl groups is 1. The molecule has 0 unspecified atom stereocenters. The fraction of sp³-hybridized carbons (Fsp3) is 0.500. The van der Waals surface area contributed by atoms with E-state index in [4.69, 9.17) is 0 Å². The van der Waals surface area contributed by atoms with E-state index in [1.807, 2.05) is 32.4 Å². The molecular formula is C20H27FN2O4S2. The number of nitrogens with zero attached hydrogens (tertiary/aromatic N) is 1. The van der Waals surface area contributed by atoms with Crippen molar-refractivity contribution in [2.24, 2.45) is 0 Å². The number of hydrogen-bond donors (Lipinski definition) is 2. The number of aromatic nitrogens is 1. The van der Waals surface area contributed by atoms with Crippen LogP contribution in [0.4, 0.5) is 4.39 Å². The molecule has 0 aliphatic rings. The number of sulfonamides is 1. The molecule has 0 atom stereocenters. The minimum absolute atomic E-state index is 0.0316. The van der Waals surface area contributed by atoms with E-state index in [1.165, 1.54) is 31.4 Å². The SMILES string of the molecule is CC(C)c1cc(F)cc(C(C)C)c1CC(=O)NS(=O)(=O)c1nc(C(C)(C)O)cs1. The molecule has 2 aromatic rings. The normalized spacial score (nSPS) is 12.6. The van der Waals surface area contributed by atoms with Crippen LogP contribution in [0.25, 0.3) is 0 Å². The summed E-state index contributed by atoms with van der Waals surface area (Å²) in [6.07, 6.45) is -0.190. The van der Waals surface area contributed by atoms with Crippen LogP contribution in [0.1, 0.15) is 75.8 Å². The maximum atomic E-state index is 14.0. The Hall–Kier alpha value is -1.84. The number of carbonyl (C=O) groups is 1. The highest BCUT2D eigenvalue weighted by atomic mass is 32.2. The number of hydrogen-bond acceptors (Lipinski definition) is 6. The highest BCUT2D eigenvalue weighted by molar-refractivity contribution is 7.92. The zero-order valence-corrected chi connectivity index (χ0v) is 19.0. The molecule has 2 rings (SSSR count). The van der Waals surface area contributed by atoms with Crippen molar-refractivity contribution in [3.8, 4) is 0 Å². The van der Waals surface area contributed by atoms with Gasteiger partial charge in [-0.25, -0.2) is 14.1 Å². The van der Waals surface area contributed by atoms with Crippen molar-refractivity contribution < 1.29 is 22.7 Å². The van der Waals surface area contributed by atoms with Gasteiger partial charge in [0.2, 0.25) is 10.2 Å². The van der Waals surface area contributed by atoms with Gasteiger partial charge in [-0.1, -0.05) is 27.7 Å². The summed E-state index contributed by atoms with van der Waals surface area (Å²) in [5, 5.41) is 11.4. The molecule has 0 saturated heterocycles. The van der Waals surface area contributed by atoms with Crippen molar-refractivity contribution in [1.29, 1.82) is 0 Å². The number of halogens is 1. The smallest absolute Gasteiger partial charge is 0.291 e. The topological polar surface area (TPSA) is 96.4 Å². The third-order valence-electron chi connectivity index (χ3n) is 4.45. The molecule has 9 heteroatoms. The summed E-state index contributed by atoms with van der Waals surface area (Å²) in [6, 6.07) is 2.79. The highest BCUT2D eigenvalue weighted by Gasteiger charge is 2.27. The van der Waals surface area contributed by atoms with Crippen LogP contribution in [0.3, 0.4) is 0 Å². The van der Waals surface area contributed by atoms with Gasteiger partial charge in [0.15, 0.2) is 0 Å². The zero-order chi connectivity index (χ0) is 22.1. The molecular weight excluding hydrogens is 415 g/mol. The molecule has 0 spiro atoms. The van der Waals surface area contributed by atoms with Gasteiger partial charge in [-0.3, -0.25) is 4.79 Å². The Labute approximate surface area is 175 Å². The first-order valence-corrected chi connectivity index (χ1v) is 11.6. The Balaban J connectivity index is 2.32. The summed E-state index contributed by atoms with van der Waals surface area (Å²) < 4.78 is 40.9. The summed E-state index contributed by atoms with van der Waals surface area (Å²) in [7, 11) is -4.17. The maximum absolute atomic E-state index is 14.0. The quantitative estimate of drug-likeness (QED) is 0.680. The average molecular weight is 443 g/mol. The fourth-order valence-corrected chi connectivity index (χ4v) is 5.12. The van der Waals surface area contributed by atoms with Gasteiger partial charge in [-0.15, -0.1) is 11.3 Å². The van der Waals surface area contributed by atoms with E-state index in [0.29, 0.717) is 16.7 Å². The van der Waals surface area contributed by atoms with Crippen LogP contribution >= 0.6 is 11.3 Å². The van der Waals surface area contributed by atoms with Gasteiger partial charge in [-0.05, 0) is 54.5 Å². The fourth-order valence-electron chi connectivity index (χ4n) is 2.97. The summed E-state index contributed by atoms with van der Waals surface area (Å²) in [5.74, 6) is -1.16. The van der Waals surface area contributed by atoms with Crippen LogP contribution in [-0.4, -0.2) is 24.4 Å². The van der Waals surface area contributed by atoms with Gasteiger partial charge >= 0.3 is 0 Å². The minimum atomic E-state index is -4.17. The van der Waals surface area contributed by atoms with Gasteiger partial charge in [0, 0.05) is 5.38 Å². The van der Waals surface area contributed by atoms with E-state index in [9.17, 15) is 22.7 Å². The van der Waals surface area contributed by atoms with Gasteiger partial charge in [-0.2, -0.15) is 8.42 Å². The van der Waals surface area contributed by atoms with Crippen LogP contribution in [0, 0.1) is 5.82 Å². The van der Waals surface area contributed by atoms with Crippen molar-refractivity contribution in [1.82, 2.24) is 9.71 Å². The number of thiazole rings is 1. The van der Waals surface area contributed by atoms with Crippen molar-refractivity contribution in [2.75, 3.05) is 0 Å². The van der Waals surface area contributed by atoms with Crippen LogP contribution in [0.15, 0.2) is 21.9 Å². The molecule has 1 amide bonds. The molecule has 0 aliphatic heterocycles. The van der Waals surface area contributed by atoms with Crippen molar-refractivity contribution in [3.05, 3.63) is 45.7 Å². The van der Waals surface area contributed by atoms with Crippen LogP contribution in [0.2, 0.25) is 0 Å². The van der Waals surface area contributed by atoms with Crippen molar-refractivity contribution >= 4 is 27.3 Å². The van der Waals surface area contributed by atoms with Crippen molar-refractivity contribution in [2.45, 2.75) is 69.7 Å². The van der Waals surface area contributed by atoms with Gasteiger partial charge in [0.1, 0.15) is 11.4 Å². The second-order valence-corrected chi connectivity index (χ2v) is 10.8. The predicted molar refractivity (Wildman–Crippen MR) is 111 cm³/mol. The summed E-state index contributed by atoms with van der Waals surface area (Å²) >= 11 is 0.826. The largest absolute Gasteiger partial charge is 0.384 e. The molecule has 1 heterocycles. The average Bonchev–Trinajstić information content (AvgIpc) is 3.06. The molecule has 29 heavy (non-hydrogen) atoms. The third kappa shape index (κ3) is 5.61. The van der Waals surface area contributed by atoms with Crippen LogP contribution in [-0.2, 0) is 26.8 Å². The Morgan fingerprint density at radius 1 is 1.21 bits per heavy atom. The van der Waals surface area contributed by atoms with Gasteiger partial charge in [0.05, 0.1) is 12.1 Å². The molecule has 0 fully saturated rings. The second-order valence-electron chi connectivity index (χ2n) is 8.14. The zero-order valence-electron chi connectivity index (χ0n) is 17.4. The summed E-state index contributed by atoms with van der Waals surface area (Å²) in [6.45, 7) is 10.6. The van der Waals surface area contributed by atoms with Crippen molar-refractivity contribution in [3.63, 3.8) is 0 Å². The molecule has 2 N–H and O–H groups in total. The Kier molecular flexibility index (Phi) is 6.86. The van der Waals surface area contributed by atoms with Gasteiger partial charge in [0.25, 0.3) is 10.0 Å². The Morgan fingerprint density at radius 3 is 2.14 bits per heavy atom.